The average molecular weight is 329 g/mol. The zero-order chi connectivity index (χ0) is 17.4. The highest BCUT2D eigenvalue weighted by molar-refractivity contribution is 5.96. The summed E-state index contributed by atoms with van der Waals surface area (Å²) in [6.45, 7) is 11.2. The predicted molar refractivity (Wildman–Crippen MR) is 97.2 cm³/mol. The summed E-state index contributed by atoms with van der Waals surface area (Å²) >= 11 is 0. The summed E-state index contributed by atoms with van der Waals surface area (Å²) in [6.07, 6.45) is 6.09. The molecule has 0 saturated carbocycles. The maximum atomic E-state index is 12.8. The number of rotatable bonds is 3. The molecule has 0 amide bonds. The Morgan fingerprint density at radius 2 is 1.92 bits per heavy atom. The predicted octanol–water partition coefficient (Wildman–Crippen LogP) is 3.29. The molecule has 0 spiro atoms. The molecule has 132 valence electrons. The van der Waals surface area contributed by atoms with Gasteiger partial charge in [0.15, 0.2) is 5.78 Å². The third-order valence-corrected chi connectivity index (χ3v) is 5.43. The monoisotopic (exact) mass is 329 g/mol. The van der Waals surface area contributed by atoms with Gasteiger partial charge in [-0.1, -0.05) is 6.07 Å². The molecule has 0 aliphatic carbocycles. The second-order valence-electron chi connectivity index (χ2n) is 8.87. The van der Waals surface area contributed by atoms with Gasteiger partial charge in [0.1, 0.15) is 5.69 Å². The molecule has 0 radical (unpaired) electrons. The Morgan fingerprint density at radius 1 is 1.21 bits per heavy atom. The number of piperidine rings is 2. The number of hydrogen-bond acceptors (Lipinski definition) is 4. The number of hydrogen-bond donors (Lipinski definition) is 1. The van der Waals surface area contributed by atoms with Crippen LogP contribution in [0.15, 0.2) is 24.4 Å². The first-order chi connectivity index (χ1) is 11.3. The van der Waals surface area contributed by atoms with Crippen LogP contribution in [0.4, 0.5) is 0 Å². The van der Waals surface area contributed by atoms with Gasteiger partial charge in [-0.2, -0.15) is 0 Å². The van der Waals surface area contributed by atoms with Crippen LogP contribution in [0.1, 0.15) is 63.9 Å². The van der Waals surface area contributed by atoms with E-state index in [1.54, 1.807) is 6.20 Å². The summed E-state index contributed by atoms with van der Waals surface area (Å²) in [5, 5.41) is 3.76. The molecule has 4 heteroatoms. The highest BCUT2D eigenvalue weighted by atomic mass is 16.1. The molecule has 24 heavy (non-hydrogen) atoms. The van der Waals surface area contributed by atoms with E-state index in [9.17, 15) is 4.79 Å². The van der Waals surface area contributed by atoms with Crippen LogP contribution in [0, 0.1) is 5.92 Å². The van der Waals surface area contributed by atoms with Crippen molar-refractivity contribution >= 4 is 5.78 Å². The summed E-state index contributed by atoms with van der Waals surface area (Å²) < 4.78 is 0. The van der Waals surface area contributed by atoms with Crippen molar-refractivity contribution in [2.45, 2.75) is 70.5 Å². The molecule has 3 heterocycles. The third-order valence-electron chi connectivity index (χ3n) is 5.43. The third kappa shape index (κ3) is 4.04. The molecule has 4 nitrogen and oxygen atoms in total. The second-order valence-corrected chi connectivity index (χ2v) is 8.87. The SMILES string of the molecule is CC1(C)CC(N2CCC[C@@H](C(=O)c3ccccn3)C2)CC(C)(C)N1. The number of carbonyl (C=O) groups excluding carboxylic acids is 1. The normalized spacial score (nSPS) is 27.8. The molecule has 1 N–H and O–H groups in total. The first kappa shape index (κ1) is 17.6. The Labute approximate surface area is 146 Å². The summed E-state index contributed by atoms with van der Waals surface area (Å²) in [6, 6.07) is 6.16. The topological polar surface area (TPSA) is 45.2 Å². The van der Waals surface area contributed by atoms with E-state index in [1.807, 2.05) is 18.2 Å². The van der Waals surface area contributed by atoms with E-state index in [0.717, 1.165) is 38.8 Å². The molecular formula is C20H31N3O. The standard InChI is InChI=1S/C20H31N3O/c1-19(2)12-16(13-20(3,4)22-19)23-11-7-8-15(14-23)18(24)17-9-5-6-10-21-17/h5-6,9-10,15-16,22H,7-8,11-14H2,1-4H3/t15-/m1/s1. The Balaban J connectivity index is 1.70. The van der Waals surface area contributed by atoms with Gasteiger partial charge in [0.25, 0.3) is 0 Å². The number of aromatic nitrogens is 1. The van der Waals surface area contributed by atoms with Crippen molar-refractivity contribution in [1.29, 1.82) is 0 Å². The minimum absolute atomic E-state index is 0.0924. The summed E-state index contributed by atoms with van der Waals surface area (Å²) in [5.74, 6) is 0.308. The molecule has 3 rings (SSSR count). The lowest BCUT2D eigenvalue weighted by Crippen LogP contribution is -2.63. The smallest absolute Gasteiger partial charge is 0.185 e. The molecule has 2 aliphatic heterocycles. The molecule has 2 aliphatic rings. The van der Waals surface area contributed by atoms with Gasteiger partial charge in [-0.3, -0.25) is 14.7 Å². The first-order valence-electron chi connectivity index (χ1n) is 9.24. The van der Waals surface area contributed by atoms with Crippen molar-refractivity contribution in [3.63, 3.8) is 0 Å². The van der Waals surface area contributed by atoms with E-state index < -0.39 is 0 Å². The molecule has 1 atom stereocenters. The van der Waals surface area contributed by atoms with Crippen molar-refractivity contribution in [2.24, 2.45) is 5.92 Å². The van der Waals surface area contributed by atoms with Crippen molar-refractivity contribution < 1.29 is 4.79 Å². The van der Waals surface area contributed by atoms with Gasteiger partial charge < -0.3 is 5.32 Å². The van der Waals surface area contributed by atoms with E-state index in [4.69, 9.17) is 0 Å². The molecular weight excluding hydrogens is 298 g/mol. The van der Waals surface area contributed by atoms with E-state index in [0.29, 0.717) is 11.7 Å². The van der Waals surface area contributed by atoms with Gasteiger partial charge in [0, 0.05) is 35.8 Å². The van der Waals surface area contributed by atoms with Gasteiger partial charge >= 0.3 is 0 Å². The summed E-state index contributed by atoms with van der Waals surface area (Å²) in [5.41, 5.74) is 0.907. The van der Waals surface area contributed by atoms with Crippen molar-refractivity contribution in [3.8, 4) is 0 Å². The zero-order valence-corrected chi connectivity index (χ0v) is 15.5. The number of Topliss-reactive ketones (excluding diaryl/α,β-unsaturated/α-hetero) is 1. The number of pyridine rings is 1. The lowest BCUT2D eigenvalue weighted by molar-refractivity contribution is 0.0375. The Bertz CT molecular complexity index is 566. The minimum Gasteiger partial charge on any atom is -0.307 e. The van der Waals surface area contributed by atoms with Gasteiger partial charge in [-0.05, 0) is 72.1 Å². The Morgan fingerprint density at radius 3 is 2.54 bits per heavy atom. The van der Waals surface area contributed by atoms with Crippen LogP contribution in [-0.2, 0) is 0 Å². The van der Waals surface area contributed by atoms with E-state index in [2.05, 4.69) is 42.9 Å². The lowest BCUT2D eigenvalue weighted by Gasteiger charge is -2.51. The summed E-state index contributed by atoms with van der Waals surface area (Å²) in [7, 11) is 0. The van der Waals surface area contributed by atoms with Crippen LogP contribution in [0.2, 0.25) is 0 Å². The molecule has 0 aromatic carbocycles. The fraction of sp³-hybridized carbons (Fsp3) is 0.700. The van der Waals surface area contributed by atoms with Crippen molar-refractivity contribution in [3.05, 3.63) is 30.1 Å². The molecule has 1 aromatic rings. The zero-order valence-electron chi connectivity index (χ0n) is 15.5. The van der Waals surface area contributed by atoms with Gasteiger partial charge in [0.2, 0.25) is 0 Å². The second kappa shape index (κ2) is 6.57. The van der Waals surface area contributed by atoms with Crippen LogP contribution < -0.4 is 5.32 Å². The maximum absolute atomic E-state index is 12.8. The average Bonchev–Trinajstić information content (AvgIpc) is 2.52. The maximum Gasteiger partial charge on any atom is 0.185 e. The number of ketones is 1. The number of carbonyl (C=O) groups is 1. The van der Waals surface area contributed by atoms with Gasteiger partial charge in [-0.15, -0.1) is 0 Å². The highest BCUT2D eigenvalue weighted by Crippen LogP contribution is 2.34. The number of likely N-dealkylation sites (tertiary alicyclic amines) is 1. The first-order valence-corrected chi connectivity index (χ1v) is 9.24. The minimum atomic E-state index is 0.0924. The molecule has 0 bridgehead atoms. The van der Waals surface area contributed by atoms with Gasteiger partial charge in [-0.25, -0.2) is 0 Å². The van der Waals surface area contributed by atoms with Crippen molar-refractivity contribution in [2.75, 3.05) is 13.1 Å². The molecule has 1 aromatic heterocycles. The Hall–Kier alpha value is -1.26. The van der Waals surface area contributed by atoms with Crippen molar-refractivity contribution in [1.82, 2.24) is 15.2 Å². The fourth-order valence-electron chi connectivity index (χ4n) is 4.80. The van der Waals surface area contributed by atoms with Gasteiger partial charge in [0.05, 0.1) is 0 Å². The van der Waals surface area contributed by atoms with Crippen LogP contribution in [0.25, 0.3) is 0 Å². The van der Waals surface area contributed by atoms with Crippen LogP contribution >= 0.6 is 0 Å². The lowest BCUT2D eigenvalue weighted by atomic mass is 9.78. The number of nitrogens with zero attached hydrogens (tertiary/aromatic N) is 2. The van der Waals surface area contributed by atoms with E-state index >= 15 is 0 Å². The molecule has 2 saturated heterocycles. The number of nitrogens with one attached hydrogen (secondary N) is 1. The van der Waals surface area contributed by atoms with Crippen LogP contribution in [0.3, 0.4) is 0 Å². The molecule has 2 fully saturated rings. The van der Waals surface area contributed by atoms with Crippen LogP contribution in [-0.4, -0.2) is 45.9 Å². The Kier molecular flexibility index (Phi) is 4.80. The van der Waals surface area contributed by atoms with E-state index in [-0.39, 0.29) is 22.8 Å². The quantitative estimate of drug-likeness (QED) is 0.865. The fourth-order valence-corrected chi connectivity index (χ4v) is 4.80. The highest BCUT2D eigenvalue weighted by Gasteiger charge is 2.41. The molecule has 0 unspecified atom stereocenters. The largest absolute Gasteiger partial charge is 0.307 e. The summed E-state index contributed by atoms with van der Waals surface area (Å²) in [4.78, 5) is 19.6. The van der Waals surface area contributed by atoms with Crippen LogP contribution in [0.5, 0.6) is 0 Å². The van der Waals surface area contributed by atoms with E-state index in [1.165, 1.54) is 0 Å².